The summed E-state index contributed by atoms with van der Waals surface area (Å²) in [5.41, 5.74) is 13.5. The predicted octanol–water partition coefficient (Wildman–Crippen LogP) is 4.33. The number of aromatic nitrogens is 1. The lowest BCUT2D eigenvalue weighted by Crippen LogP contribution is -2.42. The number of benzene rings is 3. The lowest BCUT2D eigenvalue weighted by atomic mass is 9.91. The standard InChI is InChI=1S/C30H29N5O4/c1-18-13-27(36)34-35-28(18)23-12-11-20(14-24(23)31)29(37)26(15-21-16-32-25-10-6-5-9-22(21)25)33-30(38)39-17-19-7-3-2-4-8-19/h2-12,14,16,18,26,32H,13,15,17,31H2,1H3,(H,33,38)(H,34,36)/t18?,26-/m0/s1. The Morgan fingerprint density at radius 2 is 1.87 bits per heavy atom. The fourth-order valence-electron chi connectivity index (χ4n) is 4.77. The zero-order valence-corrected chi connectivity index (χ0v) is 21.4. The molecule has 5 rings (SSSR count). The number of hydrogen-bond donors (Lipinski definition) is 4. The van der Waals surface area contributed by atoms with Gasteiger partial charge in [-0.05, 0) is 23.3 Å². The number of ketones is 1. The van der Waals surface area contributed by atoms with Crippen molar-refractivity contribution in [3.8, 4) is 0 Å². The van der Waals surface area contributed by atoms with Crippen molar-refractivity contribution in [1.29, 1.82) is 0 Å². The first-order chi connectivity index (χ1) is 18.9. The number of hydrazone groups is 1. The summed E-state index contributed by atoms with van der Waals surface area (Å²) in [6, 6.07) is 21.2. The van der Waals surface area contributed by atoms with Crippen molar-refractivity contribution in [2.45, 2.75) is 32.4 Å². The van der Waals surface area contributed by atoms with Crippen molar-refractivity contribution in [1.82, 2.24) is 15.7 Å². The molecule has 1 aliphatic rings. The lowest BCUT2D eigenvalue weighted by Gasteiger charge is -2.21. The zero-order chi connectivity index (χ0) is 27.4. The summed E-state index contributed by atoms with van der Waals surface area (Å²) in [5.74, 6) is -0.567. The number of nitrogens with one attached hydrogen (secondary N) is 3. The van der Waals surface area contributed by atoms with E-state index in [0.29, 0.717) is 28.9 Å². The van der Waals surface area contributed by atoms with E-state index in [1.165, 1.54) is 0 Å². The second-order valence-electron chi connectivity index (χ2n) is 9.63. The highest BCUT2D eigenvalue weighted by Gasteiger charge is 2.27. The monoisotopic (exact) mass is 523 g/mol. The molecule has 5 N–H and O–H groups in total. The molecular weight excluding hydrogens is 494 g/mol. The van der Waals surface area contributed by atoms with Gasteiger partial charge in [0, 0.05) is 52.7 Å². The molecule has 1 aliphatic heterocycles. The van der Waals surface area contributed by atoms with Gasteiger partial charge < -0.3 is 20.8 Å². The Hall–Kier alpha value is -4.92. The number of ether oxygens (including phenoxy) is 1. The van der Waals surface area contributed by atoms with Gasteiger partial charge in [0.1, 0.15) is 6.61 Å². The molecule has 1 aromatic heterocycles. The molecule has 2 heterocycles. The Morgan fingerprint density at radius 3 is 2.64 bits per heavy atom. The van der Waals surface area contributed by atoms with Gasteiger partial charge in [-0.15, -0.1) is 0 Å². The summed E-state index contributed by atoms with van der Waals surface area (Å²) in [6.07, 6.45) is 1.71. The molecule has 1 unspecified atom stereocenters. The van der Waals surface area contributed by atoms with Gasteiger partial charge in [0.15, 0.2) is 5.78 Å². The second-order valence-corrected chi connectivity index (χ2v) is 9.63. The molecule has 198 valence electrons. The average molecular weight is 524 g/mol. The van der Waals surface area contributed by atoms with E-state index in [4.69, 9.17) is 10.5 Å². The van der Waals surface area contributed by atoms with E-state index in [9.17, 15) is 14.4 Å². The van der Waals surface area contributed by atoms with Gasteiger partial charge in [-0.2, -0.15) is 5.10 Å². The number of Topliss-reactive ketones (excluding diaryl/α,β-unsaturated/α-hetero) is 1. The van der Waals surface area contributed by atoms with E-state index in [-0.39, 0.29) is 30.6 Å². The summed E-state index contributed by atoms with van der Waals surface area (Å²) in [5, 5.41) is 7.90. The molecule has 39 heavy (non-hydrogen) atoms. The normalized spacial score (nSPS) is 15.8. The number of nitrogen functional groups attached to an aromatic ring is 1. The molecule has 4 aromatic rings. The van der Waals surface area contributed by atoms with E-state index < -0.39 is 12.1 Å². The number of aromatic amines is 1. The van der Waals surface area contributed by atoms with Gasteiger partial charge >= 0.3 is 6.09 Å². The van der Waals surface area contributed by atoms with E-state index in [1.807, 2.05) is 67.7 Å². The summed E-state index contributed by atoms with van der Waals surface area (Å²) in [7, 11) is 0. The van der Waals surface area contributed by atoms with Crippen LogP contribution in [0.1, 0.15) is 40.4 Å². The van der Waals surface area contributed by atoms with Crippen LogP contribution in [0, 0.1) is 5.92 Å². The summed E-state index contributed by atoms with van der Waals surface area (Å²) in [6.45, 7) is 1.98. The smallest absolute Gasteiger partial charge is 0.408 e. The largest absolute Gasteiger partial charge is 0.445 e. The highest BCUT2D eigenvalue weighted by atomic mass is 16.5. The minimum atomic E-state index is -0.900. The fraction of sp³-hybridized carbons (Fsp3) is 0.200. The Labute approximate surface area is 225 Å². The number of amides is 2. The third-order valence-electron chi connectivity index (χ3n) is 6.79. The van der Waals surface area contributed by atoms with Crippen LogP contribution in [0.25, 0.3) is 10.9 Å². The van der Waals surface area contributed by atoms with Crippen molar-refractivity contribution in [2.24, 2.45) is 11.0 Å². The molecule has 9 heteroatoms. The first kappa shape index (κ1) is 25.7. The van der Waals surface area contributed by atoms with Crippen LogP contribution in [-0.2, 0) is 22.6 Å². The molecule has 0 radical (unpaired) electrons. The number of nitrogens with two attached hydrogens (primary N) is 1. The topological polar surface area (TPSA) is 139 Å². The zero-order valence-electron chi connectivity index (χ0n) is 21.4. The molecule has 0 bridgehead atoms. The first-order valence-electron chi connectivity index (χ1n) is 12.7. The van der Waals surface area contributed by atoms with Crippen LogP contribution in [0.3, 0.4) is 0 Å². The number of carbonyl (C=O) groups excluding carboxylic acids is 3. The van der Waals surface area contributed by atoms with Crippen molar-refractivity contribution in [3.63, 3.8) is 0 Å². The summed E-state index contributed by atoms with van der Waals surface area (Å²) in [4.78, 5) is 41.4. The average Bonchev–Trinajstić information content (AvgIpc) is 3.35. The number of fused-ring (bicyclic) bond motifs is 1. The first-order valence-corrected chi connectivity index (χ1v) is 12.7. The number of alkyl carbamates (subject to hydrolysis) is 1. The third-order valence-corrected chi connectivity index (χ3v) is 6.79. The van der Waals surface area contributed by atoms with Gasteiger partial charge in [-0.3, -0.25) is 9.59 Å². The number of para-hydroxylation sites is 1. The Balaban J connectivity index is 1.39. The number of H-pyrrole nitrogens is 1. The maximum Gasteiger partial charge on any atom is 0.408 e. The van der Waals surface area contributed by atoms with Gasteiger partial charge in [0.2, 0.25) is 5.91 Å². The Bertz CT molecular complexity index is 1560. The lowest BCUT2D eigenvalue weighted by molar-refractivity contribution is -0.121. The molecular formula is C30H29N5O4. The molecule has 2 amide bonds. The van der Waals surface area contributed by atoms with E-state index >= 15 is 0 Å². The van der Waals surface area contributed by atoms with Crippen molar-refractivity contribution in [3.05, 3.63) is 101 Å². The van der Waals surface area contributed by atoms with Gasteiger partial charge in [-0.25, -0.2) is 10.2 Å². The number of carbonyl (C=O) groups is 3. The Kier molecular flexibility index (Phi) is 7.40. The van der Waals surface area contributed by atoms with Gasteiger partial charge in [0.05, 0.1) is 11.8 Å². The van der Waals surface area contributed by atoms with Crippen LogP contribution in [0.5, 0.6) is 0 Å². The maximum absolute atomic E-state index is 13.7. The molecule has 0 saturated heterocycles. The van der Waals surface area contributed by atoms with Crippen LogP contribution in [0.4, 0.5) is 10.5 Å². The van der Waals surface area contributed by atoms with Crippen molar-refractivity contribution in [2.75, 3.05) is 5.73 Å². The highest BCUT2D eigenvalue weighted by molar-refractivity contribution is 6.10. The van der Waals surface area contributed by atoms with E-state index in [1.54, 1.807) is 18.2 Å². The van der Waals surface area contributed by atoms with Crippen LogP contribution in [0.15, 0.2) is 84.1 Å². The highest BCUT2D eigenvalue weighted by Crippen LogP contribution is 2.25. The van der Waals surface area contributed by atoms with Crippen LogP contribution < -0.4 is 16.5 Å². The van der Waals surface area contributed by atoms with Crippen LogP contribution in [0.2, 0.25) is 0 Å². The fourth-order valence-corrected chi connectivity index (χ4v) is 4.77. The molecule has 0 fully saturated rings. The molecule has 0 aliphatic carbocycles. The SMILES string of the molecule is CC1CC(=O)NN=C1c1ccc(C(=O)[C@H](Cc2c[nH]c3ccccc23)NC(=O)OCc2ccccc2)cc1N. The van der Waals surface area contributed by atoms with Crippen LogP contribution >= 0.6 is 0 Å². The quantitative estimate of drug-likeness (QED) is 0.201. The summed E-state index contributed by atoms with van der Waals surface area (Å²) < 4.78 is 5.41. The molecule has 9 nitrogen and oxygen atoms in total. The minimum absolute atomic E-state index is 0.0825. The molecule has 2 atom stereocenters. The number of hydrogen-bond acceptors (Lipinski definition) is 6. The number of nitrogens with zero attached hydrogens (tertiary/aromatic N) is 1. The minimum Gasteiger partial charge on any atom is -0.445 e. The van der Waals surface area contributed by atoms with E-state index in [0.717, 1.165) is 22.0 Å². The second kappa shape index (κ2) is 11.2. The van der Waals surface area contributed by atoms with Crippen molar-refractivity contribution >= 4 is 40.1 Å². The van der Waals surface area contributed by atoms with Crippen LogP contribution in [-0.4, -0.2) is 34.5 Å². The van der Waals surface area contributed by atoms with Gasteiger partial charge in [-0.1, -0.05) is 67.6 Å². The van der Waals surface area contributed by atoms with Crippen molar-refractivity contribution < 1.29 is 19.1 Å². The number of rotatable bonds is 8. The predicted molar refractivity (Wildman–Crippen MR) is 149 cm³/mol. The van der Waals surface area contributed by atoms with E-state index in [2.05, 4.69) is 20.8 Å². The third kappa shape index (κ3) is 5.82. The molecule has 0 spiro atoms. The number of anilines is 1. The van der Waals surface area contributed by atoms with Gasteiger partial charge in [0.25, 0.3) is 0 Å². The molecule has 3 aromatic carbocycles. The molecule has 0 saturated carbocycles. The Morgan fingerprint density at radius 1 is 1.10 bits per heavy atom. The maximum atomic E-state index is 13.7. The summed E-state index contributed by atoms with van der Waals surface area (Å²) >= 11 is 0.